The van der Waals surface area contributed by atoms with Crippen LogP contribution in [0.2, 0.25) is 0 Å². The van der Waals surface area contributed by atoms with Crippen LogP contribution in [0.25, 0.3) is 76.6 Å². The molecule has 11 heteroatoms. The number of fused-ring (bicyclic) bond motifs is 3. The third-order valence-corrected chi connectivity index (χ3v) is 10.2. The van der Waals surface area contributed by atoms with E-state index in [1.54, 1.807) is 0 Å². The van der Waals surface area contributed by atoms with Crippen LogP contribution in [0.1, 0.15) is 0 Å². The first-order chi connectivity index (χ1) is 24.2. The lowest BCUT2D eigenvalue weighted by Crippen LogP contribution is -2.47. The Balaban J connectivity index is 1.36. The summed E-state index contributed by atoms with van der Waals surface area (Å²) in [4.78, 5) is 14.9. The van der Waals surface area contributed by atoms with E-state index >= 15 is 0 Å². The third kappa shape index (κ3) is 5.36. The van der Waals surface area contributed by atoms with E-state index < -0.39 is 0 Å². The molecule has 0 bridgehead atoms. The van der Waals surface area contributed by atoms with E-state index in [9.17, 15) is 0 Å². The summed E-state index contributed by atoms with van der Waals surface area (Å²) in [5.41, 5.74) is 7.93. The van der Waals surface area contributed by atoms with Crippen molar-refractivity contribution in [2.24, 2.45) is 0 Å². The number of benzene rings is 6. The molecular formula is C39H18B7N3S. The molecular weight excluding hydrogens is 618 g/mol. The molecule has 0 saturated heterocycles. The van der Waals surface area contributed by atoms with Crippen molar-refractivity contribution in [3.63, 3.8) is 0 Å². The van der Waals surface area contributed by atoms with Gasteiger partial charge in [-0.15, -0.1) is 22.3 Å². The maximum atomic E-state index is 6.95. The van der Waals surface area contributed by atoms with Crippen molar-refractivity contribution in [1.29, 1.82) is 0 Å². The Labute approximate surface area is 303 Å². The van der Waals surface area contributed by atoms with Gasteiger partial charge in [0.2, 0.25) is 0 Å². The highest BCUT2D eigenvalue weighted by atomic mass is 32.1. The summed E-state index contributed by atoms with van der Waals surface area (Å²) in [6.45, 7) is 0. The van der Waals surface area contributed by atoms with Gasteiger partial charge < -0.3 is 0 Å². The van der Waals surface area contributed by atoms with Gasteiger partial charge in [0, 0.05) is 26.1 Å². The Kier molecular flexibility index (Phi) is 8.19. The van der Waals surface area contributed by atoms with Gasteiger partial charge in [-0.25, -0.2) is 15.0 Å². The molecule has 8 aromatic rings. The van der Waals surface area contributed by atoms with Crippen molar-refractivity contribution in [1.82, 2.24) is 15.0 Å². The zero-order valence-corrected chi connectivity index (χ0v) is 27.5. The van der Waals surface area contributed by atoms with E-state index in [2.05, 4.69) is 24.3 Å². The standard InChI is InChI=1S/C39H18B7N3S/c40-28-25-26-29(41)32(44)33(45)34(46)36(26)50-35(25)31(43)27(30(28)42)39-48-37(22-16-14-21(15-17-22)19-8-3-1-4-9-19)47-38(49-39)24-13-7-12-23(18-24)20-10-5-2-6-11-20/h1-18H. The summed E-state index contributed by atoms with van der Waals surface area (Å²) in [5, 5.41) is 1.12. The fourth-order valence-corrected chi connectivity index (χ4v) is 7.56. The van der Waals surface area contributed by atoms with Crippen molar-refractivity contribution in [2.45, 2.75) is 0 Å². The van der Waals surface area contributed by atoms with Gasteiger partial charge in [-0.3, -0.25) is 0 Å². The van der Waals surface area contributed by atoms with Crippen molar-refractivity contribution in [3.8, 4) is 56.4 Å². The fraction of sp³-hybridized carbons (Fsp3) is 0. The molecule has 0 saturated carbocycles. The predicted molar refractivity (Wildman–Crippen MR) is 218 cm³/mol. The first kappa shape index (κ1) is 32.2. The van der Waals surface area contributed by atoms with Crippen LogP contribution in [-0.4, -0.2) is 69.9 Å². The second-order valence-electron chi connectivity index (χ2n) is 12.0. The molecule has 2 heterocycles. The number of hydrogen-bond donors (Lipinski definition) is 0. The van der Waals surface area contributed by atoms with Crippen molar-refractivity contribution < 1.29 is 0 Å². The average Bonchev–Trinajstić information content (AvgIpc) is 3.58. The highest BCUT2D eigenvalue weighted by Gasteiger charge is 2.22. The molecule has 0 atom stereocenters. The number of rotatable bonds is 5. The first-order valence-corrected chi connectivity index (χ1v) is 16.6. The molecule has 8 rings (SSSR count). The molecule has 3 nitrogen and oxygen atoms in total. The summed E-state index contributed by atoms with van der Waals surface area (Å²) in [5.74, 6) is 1.15. The molecule has 216 valence electrons. The van der Waals surface area contributed by atoms with Crippen molar-refractivity contribution in [3.05, 3.63) is 109 Å². The molecule has 0 N–H and O–H groups in total. The zero-order valence-electron chi connectivity index (χ0n) is 26.7. The van der Waals surface area contributed by atoms with Crippen molar-refractivity contribution in [2.75, 3.05) is 0 Å². The van der Waals surface area contributed by atoms with Gasteiger partial charge >= 0.3 is 0 Å². The minimum Gasteiger partial charge on any atom is -0.208 e. The third-order valence-electron chi connectivity index (χ3n) is 8.97. The van der Waals surface area contributed by atoms with Gasteiger partial charge in [0.1, 0.15) is 54.9 Å². The van der Waals surface area contributed by atoms with Crippen LogP contribution < -0.4 is 38.2 Å². The molecule has 0 spiro atoms. The Morgan fingerprint density at radius 3 is 1.42 bits per heavy atom. The van der Waals surface area contributed by atoms with Gasteiger partial charge in [-0.1, -0.05) is 130 Å². The Morgan fingerprint density at radius 2 is 0.780 bits per heavy atom. The Hall–Kier alpha value is -5.00. The average molecular weight is 636 g/mol. The summed E-state index contributed by atoms with van der Waals surface area (Å²) in [6.07, 6.45) is 0. The molecule has 0 unspecified atom stereocenters. The fourth-order valence-electron chi connectivity index (χ4n) is 6.30. The maximum absolute atomic E-state index is 6.95. The number of nitrogens with zero attached hydrogens (tertiary/aromatic N) is 3. The molecule has 0 aliphatic rings. The van der Waals surface area contributed by atoms with Gasteiger partial charge in [0.25, 0.3) is 0 Å². The van der Waals surface area contributed by atoms with E-state index in [0.717, 1.165) is 33.4 Å². The second-order valence-corrected chi connectivity index (χ2v) is 13.0. The van der Waals surface area contributed by atoms with E-state index in [1.807, 2.05) is 84.9 Å². The van der Waals surface area contributed by atoms with Gasteiger partial charge in [0.05, 0.1) is 0 Å². The Bertz CT molecular complexity index is 2610. The second kappa shape index (κ2) is 12.7. The lowest BCUT2D eigenvalue weighted by atomic mass is 9.64. The van der Waals surface area contributed by atoms with E-state index in [4.69, 9.17) is 69.9 Å². The smallest absolute Gasteiger partial charge is 0.164 e. The molecule has 0 amide bonds. The summed E-state index contributed by atoms with van der Waals surface area (Å²) >= 11 is 1.31. The van der Waals surface area contributed by atoms with Crippen LogP contribution in [0.3, 0.4) is 0 Å². The van der Waals surface area contributed by atoms with E-state index in [-0.39, 0.29) is 33.1 Å². The lowest BCUT2D eigenvalue weighted by Gasteiger charge is -2.18. The summed E-state index contributed by atoms with van der Waals surface area (Å²) in [7, 11) is 45.9. The van der Waals surface area contributed by atoms with Crippen molar-refractivity contribution >= 4 is 125 Å². The minimum atomic E-state index is 0.179. The molecule has 14 radical (unpaired) electrons. The van der Waals surface area contributed by atoms with Crippen LogP contribution in [-0.2, 0) is 0 Å². The predicted octanol–water partition coefficient (Wildman–Crippen LogP) is 2.13. The SMILES string of the molecule is [B]c1c([B])c([B])c2c(sc3c([B])c(-c4nc(-c5ccc(-c6ccccc6)cc5)nc(-c5cccc(-c6ccccc6)c5)n4)c([B])c([B])c32)c1[B]. The molecule has 6 aromatic carbocycles. The van der Waals surface area contributed by atoms with Crippen LogP contribution in [0.4, 0.5) is 0 Å². The van der Waals surface area contributed by atoms with Gasteiger partial charge in [-0.2, -0.15) is 0 Å². The van der Waals surface area contributed by atoms with E-state index in [1.165, 1.54) is 11.3 Å². The van der Waals surface area contributed by atoms with Gasteiger partial charge in [0.15, 0.2) is 17.5 Å². The largest absolute Gasteiger partial charge is 0.208 e. The molecule has 2 aromatic heterocycles. The van der Waals surface area contributed by atoms with Gasteiger partial charge in [-0.05, 0) is 39.1 Å². The monoisotopic (exact) mass is 637 g/mol. The normalized spacial score (nSPS) is 11.4. The molecule has 0 fully saturated rings. The molecule has 50 heavy (non-hydrogen) atoms. The van der Waals surface area contributed by atoms with E-state index in [0.29, 0.717) is 48.3 Å². The zero-order chi connectivity index (χ0) is 34.7. The van der Waals surface area contributed by atoms with Crippen LogP contribution >= 0.6 is 11.3 Å². The number of thiophene rings is 1. The van der Waals surface area contributed by atoms with Crippen LogP contribution in [0.15, 0.2) is 109 Å². The minimum absolute atomic E-state index is 0.179. The highest BCUT2D eigenvalue weighted by Crippen LogP contribution is 2.32. The number of aromatic nitrogens is 3. The van der Waals surface area contributed by atoms with Crippen LogP contribution in [0, 0.1) is 0 Å². The highest BCUT2D eigenvalue weighted by molar-refractivity contribution is 7.28. The summed E-state index contributed by atoms with van der Waals surface area (Å²) in [6, 6.07) is 36.4. The lowest BCUT2D eigenvalue weighted by molar-refractivity contribution is 1.08. The molecule has 0 aliphatic carbocycles. The molecule has 0 aliphatic heterocycles. The Morgan fingerprint density at radius 1 is 0.340 bits per heavy atom. The maximum Gasteiger partial charge on any atom is 0.164 e. The topological polar surface area (TPSA) is 38.7 Å². The number of hydrogen-bond acceptors (Lipinski definition) is 4. The van der Waals surface area contributed by atoms with Crippen LogP contribution in [0.5, 0.6) is 0 Å². The quantitative estimate of drug-likeness (QED) is 0.272. The first-order valence-electron chi connectivity index (χ1n) is 15.7. The summed E-state index contributed by atoms with van der Waals surface area (Å²) < 4.78 is 1.24.